The molecule has 1 rings (SSSR count). The number of hydrogen-bond donors (Lipinski definition) is 0. The average Bonchev–Trinajstić information content (AvgIpc) is 2.33. The summed E-state index contributed by atoms with van der Waals surface area (Å²) in [5.74, 6) is 0. The highest BCUT2D eigenvalue weighted by Gasteiger charge is 2.34. The molecule has 0 saturated carbocycles. The summed E-state index contributed by atoms with van der Waals surface area (Å²) >= 11 is 3.25. The Hall–Kier alpha value is -0.750. The van der Waals surface area contributed by atoms with Gasteiger partial charge in [0.05, 0.1) is 12.2 Å². The predicted octanol–water partition coefficient (Wildman–Crippen LogP) is 3.55. The van der Waals surface area contributed by atoms with E-state index in [0.29, 0.717) is 25.0 Å². The Morgan fingerprint density at radius 2 is 1.89 bits per heavy atom. The zero-order chi connectivity index (χ0) is 13.6. The van der Waals surface area contributed by atoms with E-state index < -0.39 is 11.7 Å². The molecule has 102 valence electrons. The van der Waals surface area contributed by atoms with E-state index in [2.05, 4.69) is 15.9 Å². The topological polar surface area (TPSA) is 12.5 Å². The number of anilines is 1. The Morgan fingerprint density at radius 1 is 1.22 bits per heavy atom. The standard InChI is InChI=1S/C12H15BrF3NO/c1-18-9-8-17(7-6-13)11-5-3-2-4-10(11)12(14,15)16/h2-5H,6-9H2,1H3. The van der Waals surface area contributed by atoms with E-state index in [9.17, 15) is 13.2 Å². The van der Waals surface area contributed by atoms with Gasteiger partial charge in [-0.05, 0) is 12.1 Å². The maximum atomic E-state index is 12.9. The third-order valence-electron chi connectivity index (χ3n) is 2.47. The molecular formula is C12H15BrF3NO. The van der Waals surface area contributed by atoms with Crippen molar-refractivity contribution >= 4 is 21.6 Å². The molecule has 0 aliphatic carbocycles. The molecule has 0 aliphatic heterocycles. The molecule has 0 aliphatic rings. The summed E-state index contributed by atoms with van der Waals surface area (Å²) in [6.07, 6.45) is -4.34. The number of methoxy groups -OCH3 is 1. The zero-order valence-electron chi connectivity index (χ0n) is 10.0. The quantitative estimate of drug-likeness (QED) is 0.741. The van der Waals surface area contributed by atoms with Crippen LogP contribution in [-0.4, -0.2) is 32.1 Å². The Balaban J connectivity index is 3.03. The van der Waals surface area contributed by atoms with Crippen molar-refractivity contribution in [1.29, 1.82) is 0 Å². The number of halogens is 4. The molecular weight excluding hydrogens is 311 g/mol. The fraction of sp³-hybridized carbons (Fsp3) is 0.500. The molecule has 6 heteroatoms. The molecule has 0 N–H and O–H groups in total. The minimum Gasteiger partial charge on any atom is -0.383 e. The summed E-state index contributed by atoms with van der Waals surface area (Å²) in [5.41, 5.74) is -0.413. The van der Waals surface area contributed by atoms with Gasteiger partial charge in [-0.3, -0.25) is 0 Å². The van der Waals surface area contributed by atoms with Crippen LogP contribution < -0.4 is 4.90 Å². The predicted molar refractivity (Wildman–Crippen MR) is 69.3 cm³/mol. The second kappa shape index (κ2) is 6.99. The highest BCUT2D eigenvalue weighted by Crippen LogP contribution is 2.36. The fourth-order valence-electron chi connectivity index (χ4n) is 1.65. The van der Waals surface area contributed by atoms with Crippen LogP contribution in [0.25, 0.3) is 0 Å². The van der Waals surface area contributed by atoms with Crippen LogP contribution in [-0.2, 0) is 10.9 Å². The fourth-order valence-corrected chi connectivity index (χ4v) is 2.07. The lowest BCUT2D eigenvalue weighted by molar-refractivity contribution is -0.137. The molecule has 0 bridgehead atoms. The van der Waals surface area contributed by atoms with Crippen molar-refractivity contribution in [1.82, 2.24) is 0 Å². The second-order valence-corrected chi connectivity index (χ2v) is 4.48. The Bertz CT molecular complexity index is 371. The number of nitrogens with zero attached hydrogens (tertiary/aromatic N) is 1. The van der Waals surface area contributed by atoms with Gasteiger partial charge in [0.2, 0.25) is 0 Å². The van der Waals surface area contributed by atoms with E-state index in [1.165, 1.54) is 19.2 Å². The number of alkyl halides is 4. The van der Waals surface area contributed by atoms with E-state index in [4.69, 9.17) is 4.74 Å². The van der Waals surface area contributed by atoms with Crippen LogP contribution in [0, 0.1) is 0 Å². The molecule has 0 unspecified atom stereocenters. The van der Waals surface area contributed by atoms with Gasteiger partial charge in [0.1, 0.15) is 0 Å². The monoisotopic (exact) mass is 325 g/mol. The lowest BCUT2D eigenvalue weighted by atomic mass is 10.1. The highest BCUT2D eigenvalue weighted by atomic mass is 79.9. The number of hydrogen-bond acceptors (Lipinski definition) is 2. The van der Waals surface area contributed by atoms with E-state index in [-0.39, 0.29) is 5.69 Å². The van der Waals surface area contributed by atoms with Gasteiger partial charge < -0.3 is 9.64 Å². The second-order valence-electron chi connectivity index (χ2n) is 3.68. The number of para-hydroxylation sites is 1. The molecule has 0 spiro atoms. The van der Waals surface area contributed by atoms with Crippen molar-refractivity contribution in [3.8, 4) is 0 Å². The van der Waals surface area contributed by atoms with Crippen molar-refractivity contribution in [3.05, 3.63) is 29.8 Å². The lowest BCUT2D eigenvalue weighted by Crippen LogP contribution is -2.31. The molecule has 0 heterocycles. The summed E-state index contributed by atoms with van der Waals surface area (Å²) in [6.45, 7) is 1.31. The first-order valence-corrected chi connectivity index (χ1v) is 6.59. The van der Waals surface area contributed by atoms with E-state index in [0.717, 1.165) is 6.07 Å². The summed E-state index contributed by atoms with van der Waals surface area (Å²) in [7, 11) is 1.53. The smallest absolute Gasteiger partial charge is 0.383 e. The SMILES string of the molecule is COCCN(CCBr)c1ccccc1C(F)(F)F. The van der Waals surface area contributed by atoms with Gasteiger partial charge in [-0.2, -0.15) is 13.2 Å². The molecule has 18 heavy (non-hydrogen) atoms. The summed E-state index contributed by atoms with van der Waals surface area (Å²) in [4.78, 5) is 1.67. The van der Waals surface area contributed by atoms with Crippen molar-refractivity contribution in [2.24, 2.45) is 0 Å². The van der Waals surface area contributed by atoms with Gasteiger partial charge in [0.15, 0.2) is 0 Å². The molecule has 1 aromatic rings. The molecule has 2 nitrogen and oxygen atoms in total. The van der Waals surface area contributed by atoms with Gasteiger partial charge in [0.25, 0.3) is 0 Å². The van der Waals surface area contributed by atoms with Gasteiger partial charge in [-0.1, -0.05) is 28.1 Å². The van der Waals surface area contributed by atoms with Crippen LogP contribution in [0.3, 0.4) is 0 Å². The lowest BCUT2D eigenvalue weighted by Gasteiger charge is -2.26. The van der Waals surface area contributed by atoms with Crippen LogP contribution in [0.4, 0.5) is 18.9 Å². The van der Waals surface area contributed by atoms with E-state index in [1.54, 1.807) is 11.0 Å². The molecule has 0 aromatic heterocycles. The number of benzene rings is 1. The Morgan fingerprint density at radius 3 is 2.44 bits per heavy atom. The highest BCUT2D eigenvalue weighted by molar-refractivity contribution is 9.09. The summed E-state index contributed by atoms with van der Waals surface area (Å²) < 4.78 is 43.6. The van der Waals surface area contributed by atoms with Gasteiger partial charge in [-0.25, -0.2) is 0 Å². The summed E-state index contributed by atoms with van der Waals surface area (Å²) in [5, 5.41) is 0.600. The third-order valence-corrected chi connectivity index (χ3v) is 2.82. The summed E-state index contributed by atoms with van der Waals surface area (Å²) in [6, 6.07) is 5.60. The van der Waals surface area contributed by atoms with Crippen molar-refractivity contribution in [2.45, 2.75) is 6.18 Å². The van der Waals surface area contributed by atoms with Crippen molar-refractivity contribution in [3.63, 3.8) is 0 Å². The first kappa shape index (κ1) is 15.3. The molecule has 1 aromatic carbocycles. The van der Waals surface area contributed by atoms with E-state index in [1.807, 2.05) is 0 Å². The van der Waals surface area contributed by atoms with Crippen LogP contribution in [0.1, 0.15) is 5.56 Å². The van der Waals surface area contributed by atoms with Crippen LogP contribution >= 0.6 is 15.9 Å². The van der Waals surface area contributed by atoms with Crippen LogP contribution in [0.5, 0.6) is 0 Å². The van der Waals surface area contributed by atoms with Gasteiger partial charge in [-0.15, -0.1) is 0 Å². The molecule has 0 saturated heterocycles. The van der Waals surface area contributed by atoms with Gasteiger partial charge in [0, 0.05) is 31.2 Å². The minimum atomic E-state index is -4.34. The molecule has 0 amide bonds. The number of rotatable bonds is 6. The van der Waals surface area contributed by atoms with E-state index >= 15 is 0 Å². The Kier molecular flexibility index (Phi) is 5.95. The maximum Gasteiger partial charge on any atom is 0.418 e. The maximum absolute atomic E-state index is 12.9. The normalized spacial score (nSPS) is 11.6. The minimum absolute atomic E-state index is 0.196. The number of ether oxygens (including phenoxy) is 1. The third kappa shape index (κ3) is 4.17. The molecule has 0 radical (unpaired) electrons. The van der Waals surface area contributed by atoms with Crippen molar-refractivity contribution in [2.75, 3.05) is 37.0 Å². The van der Waals surface area contributed by atoms with Crippen molar-refractivity contribution < 1.29 is 17.9 Å². The zero-order valence-corrected chi connectivity index (χ0v) is 11.6. The first-order chi connectivity index (χ1) is 8.50. The average molecular weight is 326 g/mol. The van der Waals surface area contributed by atoms with Gasteiger partial charge >= 0.3 is 6.18 Å². The van der Waals surface area contributed by atoms with Crippen LogP contribution in [0.15, 0.2) is 24.3 Å². The molecule has 0 fully saturated rings. The molecule has 0 atom stereocenters. The Labute approximate surface area is 113 Å². The first-order valence-electron chi connectivity index (χ1n) is 5.46. The largest absolute Gasteiger partial charge is 0.418 e. The van der Waals surface area contributed by atoms with Crippen LogP contribution in [0.2, 0.25) is 0 Å².